The van der Waals surface area contributed by atoms with Crippen LogP contribution in [0.25, 0.3) is 11.4 Å². The van der Waals surface area contributed by atoms with Gasteiger partial charge in [-0.1, -0.05) is 35.0 Å². The summed E-state index contributed by atoms with van der Waals surface area (Å²) in [5.74, 6) is 1.57. The van der Waals surface area contributed by atoms with Crippen LogP contribution < -0.4 is 10.1 Å². The molecule has 0 saturated heterocycles. The molecule has 2 aromatic carbocycles. The summed E-state index contributed by atoms with van der Waals surface area (Å²) in [5, 5.41) is 6.87. The number of aromatic nitrogens is 2. The van der Waals surface area contributed by atoms with E-state index in [-0.39, 0.29) is 12.6 Å². The number of hydrogen-bond donors (Lipinski definition) is 1. The van der Waals surface area contributed by atoms with E-state index in [0.29, 0.717) is 29.7 Å². The van der Waals surface area contributed by atoms with Gasteiger partial charge in [0.05, 0.1) is 7.11 Å². The van der Waals surface area contributed by atoms with E-state index in [1.165, 1.54) is 0 Å². The first-order valence-corrected chi connectivity index (χ1v) is 8.68. The van der Waals surface area contributed by atoms with E-state index in [4.69, 9.17) is 9.26 Å². The Bertz CT molecular complexity index is 923. The molecule has 0 atom stereocenters. The fourth-order valence-corrected chi connectivity index (χ4v) is 2.61. The number of nitrogens with one attached hydrogen (secondary N) is 1. The summed E-state index contributed by atoms with van der Waals surface area (Å²) in [4.78, 5) is 18.6. The number of anilines is 1. The molecule has 3 rings (SSSR count). The molecule has 2 amide bonds. The lowest BCUT2D eigenvalue weighted by atomic mass is 10.1. The predicted octanol–water partition coefficient (Wildman–Crippen LogP) is 4.11. The highest BCUT2D eigenvalue weighted by Crippen LogP contribution is 2.19. The maximum Gasteiger partial charge on any atom is 0.322 e. The van der Waals surface area contributed by atoms with Crippen molar-refractivity contribution < 1.29 is 14.1 Å². The summed E-state index contributed by atoms with van der Waals surface area (Å²) in [6.07, 6.45) is 0. The van der Waals surface area contributed by atoms with Crippen molar-refractivity contribution in [3.8, 4) is 17.1 Å². The van der Waals surface area contributed by atoms with Crippen LogP contribution in [0.5, 0.6) is 5.75 Å². The van der Waals surface area contributed by atoms with E-state index >= 15 is 0 Å². The van der Waals surface area contributed by atoms with Gasteiger partial charge >= 0.3 is 6.03 Å². The van der Waals surface area contributed by atoms with E-state index < -0.39 is 0 Å². The minimum atomic E-state index is -0.249. The van der Waals surface area contributed by atoms with Crippen molar-refractivity contribution in [2.45, 2.75) is 20.4 Å². The summed E-state index contributed by atoms with van der Waals surface area (Å²) in [7, 11) is 1.58. The van der Waals surface area contributed by atoms with Crippen LogP contribution in [0.2, 0.25) is 0 Å². The normalized spacial score (nSPS) is 10.5. The van der Waals surface area contributed by atoms with Crippen LogP contribution in [0.1, 0.15) is 18.4 Å². The van der Waals surface area contributed by atoms with Crippen molar-refractivity contribution in [3.05, 3.63) is 60.0 Å². The topological polar surface area (TPSA) is 80.5 Å². The molecule has 1 N–H and O–H groups in total. The lowest BCUT2D eigenvalue weighted by Crippen LogP contribution is -2.34. The summed E-state index contributed by atoms with van der Waals surface area (Å²) in [5.41, 5.74) is 2.66. The minimum Gasteiger partial charge on any atom is -0.497 e. The first kappa shape index (κ1) is 18.4. The molecule has 0 radical (unpaired) electrons. The molecule has 1 heterocycles. The highest BCUT2D eigenvalue weighted by atomic mass is 16.5. The molecule has 0 bridgehead atoms. The summed E-state index contributed by atoms with van der Waals surface area (Å²) in [6, 6.07) is 14.8. The number of aryl methyl sites for hydroxylation is 1. The van der Waals surface area contributed by atoms with E-state index in [0.717, 1.165) is 11.1 Å². The fraction of sp³-hybridized carbons (Fsp3) is 0.250. The van der Waals surface area contributed by atoms with Crippen molar-refractivity contribution in [1.82, 2.24) is 15.0 Å². The van der Waals surface area contributed by atoms with E-state index in [1.54, 1.807) is 24.1 Å². The lowest BCUT2D eigenvalue weighted by molar-refractivity contribution is 0.203. The van der Waals surface area contributed by atoms with Crippen molar-refractivity contribution >= 4 is 11.7 Å². The number of rotatable bonds is 6. The molecular weight excluding hydrogens is 344 g/mol. The van der Waals surface area contributed by atoms with Gasteiger partial charge < -0.3 is 19.5 Å². The number of methoxy groups -OCH3 is 1. The van der Waals surface area contributed by atoms with Crippen LogP contribution in [0, 0.1) is 6.92 Å². The van der Waals surface area contributed by atoms with Gasteiger partial charge in [-0.2, -0.15) is 4.98 Å². The average Bonchev–Trinajstić information content (AvgIpc) is 3.15. The first-order chi connectivity index (χ1) is 13.1. The molecule has 27 heavy (non-hydrogen) atoms. The third kappa shape index (κ3) is 4.63. The zero-order valence-electron chi connectivity index (χ0n) is 15.6. The molecule has 0 spiro atoms. The van der Waals surface area contributed by atoms with Gasteiger partial charge in [-0.05, 0) is 32.0 Å². The van der Waals surface area contributed by atoms with Crippen LogP contribution in [0.3, 0.4) is 0 Å². The standard InChI is InChI=1S/C20H22N4O3/c1-4-24(20(25)21-16-9-6-10-17(12-16)26-3)13-18-22-19(23-27-18)15-8-5-7-14(2)11-15/h5-12H,4,13H2,1-3H3,(H,21,25). The van der Waals surface area contributed by atoms with Gasteiger partial charge in [0.25, 0.3) is 0 Å². The quantitative estimate of drug-likeness (QED) is 0.710. The third-order valence-corrected chi connectivity index (χ3v) is 4.06. The van der Waals surface area contributed by atoms with E-state index in [1.807, 2.05) is 50.2 Å². The Kier molecular flexibility index (Phi) is 5.71. The van der Waals surface area contributed by atoms with Gasteiger partial charge in [0.2, 0.25) is 11.7 Å². The van der Waals surface area contributed by atoms with Gasteiger partial charge in [-0.15, -0.1) is 0 Å². The Morgan fingerprint density at radius 3 is 2.78 bits per heavy atom. The molecule has 0 fully saturated rings. The van der Waals surface area contributed by atoms with Crippen LogP contribution in [-0.2, 0) is 6.54 Å². The Morgan fingerprint density at radius 1 is 1.22 bits per heavy atom. The maximum atomic E-state index is 12.6. The zero-order valence-corrected chi connectivity index (χ0v) is 15.6. The number of hydrogen-bond acceptors (Lipinski definition) is 5. The van der Waals surface area contributed by atoms with Gasteiger partial charge in [-0.3, -0.25) is 0 Å². The van der Waals surface area contributed by atoms with Crippen molar-refractivity contribution in [3.63, 3.8) is 0 Å². The molecule has 0 aliphatic heterocycles. The van der Waals surface area contributed by atoms with Crippen molar-refractivity contribution in [2.75, 3.05) is 19.0 Å². The molecule has 0 aliphatic carbocycles. The number of benzene rings is 2. The highest BCUT2D eigenvalue weighted by molar-refractivity contribution is 5.89. The molecule has 0 unspecified atom stereocenters. The fourth-order valence-electron chi connectivity index (χ4n) is 2.61. The summed E-state index contributed by atoms with van der Waals surface area (Å²) >= 11 is 0. The Hall–Kier alpha value is -3.35. The third-order valence-electron chi connectivity index (χ3n) is 4.06. The van der Waals surface area contributed by atoms with Crippen LogP contribution >= 0.6 is 0 Å². The number of urea groups is 1. The molecule has 140 valence electrons. The second-order valence-corrected chi connectivity index (χ2v) is 6.06. The number of carbonyl (C=O) groups excluding carboxylic acids is 1. The van der Waals surface area contributed by atoms with Gasteiger partial charge in [0.1, 0.15) is 12.3 Å². The van der Waals surface area contributed by atoms with Gasteiger partial charge in [-0.25, -0.2) is 4.79 Å². The van der Waals surface area contributed by atoms with Crippen molar-refractivity contribution in [1.29, 1.82) is 0 Å². The van der Waals surface area contributed by atoms with Gasteiger partial charge in [0.15, 0.2) is 0 Å². The molecule has 7 nitrogen and oxygen atoms in total. The number of carbonyl (C=O) groups is 1. The maximum absolute atomic E-state index is 12.6. The largest absolute Gasteiger partial charge is 0.497 e. The predicted molar refractivity (Wildman–Crippen MR) is 103 cm³/mol. The lowest BCUT2D eigenvalue weighted by Gasteiger charge is -2.19. The molecule has 7 heteroatoms. The molecule has 0 aliphatic rings. The van der Waals surface area contributed by atoms with Gasteiger partial charge in [0, 0.05) is 23.9 Å². The van der Waals surface area contributed by atoms with E-state index in [9.17, 15) is 4.79 Å². The Labute approximate surface area is 158 Å². The number of ether oxygens (including phenoxy) is 1. The summed E-state index contributed by atoms with van der Waals surface area (Å²) < 4.78 is 10.5. The zero-order chi connectivity index (χ0) is 19.2. The number of nitrogens with zero attached hydrogens (tertiary/aromatic N) is 3. The second kappa shape index (κ2) is 8.35. The Morgan fingerprint density at radius 2 is 2.04 bits per heavy atom. The van der Waals surface area contributed by atoms with Crippen LogP contribution in [0.15, 0.2) is 53.1 Å². The van der Waals surface area contributed by atoms with Crippen molar-refractivity contribution in [2.24, 2.45) is 0 Å². The number of amides is 2. The smallest absolute Gasteiger partial charge is 0.322 e. The average molecular weight is 366 g/mol. The van der Waals surface area contributed by atoms with Crippen LogP contribution in [0.4, 0.5) is 10.5 Å². The highest BCUT2D eigenvalue weighted by Gasteiger charge is 2.17. The summed E-state index contributed by atoms with van der Waals surface area (Å²) in [6.45, 7) is 4.62. The molecule has 1 aromatic heterocycles. The van der Waals surface area contributed by atoms with Crippen LogP contribution in [-0.4, -0.2) is 34.7 Å². The monoisotopic (exact) mass is 366 g/mol. The SMILES string of the molecule is CCN(Cc1nc(-c2cccc(C)c2)no1)C(=O)Nc1cccc(OC)c1. The van der Waals surface area contributed by atoms with E-state index in [2.05, 4.69) is 15.5 Å². The second-order valence-electron chi connectivity index (χ2n) is 6.06. The molecular formula is C20H22N4O3. The molecule has 3 aromatic rings. The first-order valence-electron chi connectivity index (χ1n) is 8.68. The minimum absolute atomic E-state index is 0.227. The Balaban J connectivity index is 1.68. The molecule has 0 saturated carbocycles.